The highest BCUT2D eigenvalue weighted by Gasteiger charge is 2.08. The normalized spacial score (nSPS) is 10.8. The van der Waals surface area contributed by atoms with Gasteiger partial charge in [0.05, 0.1) is 11.6 Å². The zero-order valence-electron chi connectivity index (χ0n) is 8.98. The third-order valence-corrected chi connectivity index (χ3v) is 2.77. The van der Waals surface area contributed by atoms with Crippen LogP contribution in [0.5, 0.6) is 0 Å². The highest BCUT2D eigenvalue weighted by atomic mass is 35.5. The molecule has 0 saturated heterocycles. The Kier molecular flexibility index (Phi) is 2.77. The fourth-order valence-corrected chi connectivity index (χ4v) is 1.97. The van der Waals surface area contributed by atoms with Gasteiger partial charge in [-0.3, -0.25) is 5.10 Å². The molecule has 0 radical (unpaired) electrons. The minimum Gasteiger partial charge on any atom is -0.339 e. The first-order chi connectivity index (χ1) is 8.72. The average molecular weight is 280 g/mol. The maximum atomic E-state index is 5.92. The average Bonchev–Trinajstić information content (AvgIpc) is 2.77. The summed E-state index contributed by atoms with van der Waals surface area (Å²) in [5, 5.41) is 11.3. The molecule has 0 bridgehead atoms. The molecule has 0 aliphatic rings. The summed E-state index contributed by atoms with van der Waals surface area (Å²) in [6, 6.07) is 7.32. The van der Waals surface area contributed by atoms with E-state index in [9.17, 15) is 0 Å². The lowest BCUT2D eigenvalue weighted by Gasteiger charge is -2.06. The molecule has 90 valence electrons. The van der Waals surface area contributed by atoms with Crippen molar-refractivity contribution in [1.82, 2.24) is 20.2 Å². The van der Waals surface area contributed by atoms with Crippen molar-refractivity contribution in [3.63, 3.8) is 0 Å². The second kappa shape index (κ2) is 4.44. The van der Waals surface area contributed by atoms with Gasteiger partial charge in [-0.2, -0.15) is 15.1 Å². The van der Waals surface area contributed by atoms with Crippen molar-refractivity contribution in [2.75, 3.05) is 5.32 Å². The van der Waals surface area contributed by atoms with Crippen LogP contribution in [0.15, 0.2) is 30.5 Å². The first-order valence-electron chi connectivity index (χ1n) is 5.11. The number of fused-ring (bicyclic) bond motifs is 1. The quantitative estimate of drug-likeness (QED) is 0.706. The van der Waals surface area contributed by atoms with Crippen LogP contribution in [-0.2, 0) is 0 Å². The van der Waals surface area contributed by atoms with E-state index in [2.05, 4.69) is 25.5 Å². The number of nitrogens with zero attached hydrogens (tertiary/aromatic N) is 3. The highest BCUT2D eigenvalue weighted by molar-refractivity contribution is 6.31. The van der Waals surface area contributed by atoms with Gasteiger partial charge in [0.15, 0.2) is 5.65 Å². The van der Waals surface area contributed by atoms with Gasteiger partial charge in [-0.15, -0.1) is 0 Å². The Morgan fingerprint density at radius 2 is 2.06 bits per heavy atom. The van der Waals surface area contributed by atoms with Crippen molar-refractivity contribution < 1.29 is 0 Å². The molecule has 0 fully saturated rings. The molecule has 0 aliphatic heterocycles. The molecular weight excluding hydrogens is 273 g/mol. The fraction of sp³-hybridized carbons (Fsp3) is 0. The van der Waals surface area contributed by atoms with E-state index in [4.69, 9.17) is 23.2 Å². The number of hydrogen-bond acceptors (Lipinski definition) is 4. The number of aromatic amines is 1. The van der Waals surface area contributed by atoms with Gasteiger partial charge in [0.1, 0.15) is 5.82 Å². The Balaban J connectivity index is 2.06. The van der Waals surface area contributed by atoms with E-state index in [1.807, 2.05) is 12.1 Å². The van der Waals surface area contributed by atoms with Crippen LogP contribution in [0.2, 0.25) is 10.3 Å². The molecular formula is C11H7Cl2N5. The minimum atomic E-state index is 0.149. The van der Waals surface area contributed by atoms with Crippen molar-refractivity contribution >= 4 is 45.7 Å². The van der Waals surface area contributed by atoms with Gasteiger partial charge in [-0.05, 0) is 29.8 Å². The number of nitrogens with one attached hydrogen (secondary N) is 2. The molecule has 2 aromatic heterocycles. The van der Waals surface area contributed by atoms with E-state index >= 15 is 0 Å². The summed E-state index contributed by atoms with van der Waals surface area (Å²) in [5.74, 6) is 0.584. The molecule has 2 heterocycles. The predicted molar refractivity (Wildman–Crippen MR) is 71.4 cm³/mol. The summed E-state index contributed by atoms with van der Waals surface area (Å²) in [4.78, 5) is 8.16. The number of hydrogen-bond donors (Lipinski definition) is 2. The smallest absolute Gasteiger partial charge is 0.226 e. The number of rotatable bonds is 2. The van der Waals surface area contributed by atoms with Gasteiger partial charge in [0, 0.05) is 10.7 Å². The first kappa shape index (κ1) is 11.3. The standard InChI is InChI=1S/C11H7Cl2N5/c12-6-2-1-3-7(4-6)15-9-8-5-14-18-10(8)17-11(13)16-9/h1-5H,(H2,14,15,16,17,18). The monoisotopic (exact) mass is 279 g/mol. The third kappa shape index (κ3) is 2.10. The number of halogens is 2. The molecule has 2 N–H and O–H groups in total. The van der Waals surface area contributed by atoms with E-state index in [1.54, 1.807) is 18.3 Å². The van der Waals surface area contributed by atoms with Crippen molar-refractivity contribution in [2.24, 2.45) is 0 Å². The topological polar surface area (TPSA) is 66.5 Å². The molecule has 0 amide bonds. The molecule has 18 heavy (non-hydrogen) atoms. The minimum absolute atomic E-state index is 0.149. The number of anilines is 2. The number of benzene rings is 1. The van der Waals surface area contributed by atoms with Crippen molar-refractivity contribution in [2.45, 2.75) is 0 Å². The summed E-state index contributed by atoms with van der Waals surface area (Å²) in [6.07, 6.45) is 1.64. The van der Waals surface area contributed by atoms with E-state index in [0.29, 0.717) is 16.5 Å². The van der Waals surface area contributed by atoms with Crippen molar-refractivity contribution in [3.05, 3.63) is 40.8 Å². The largest absolute Gasteiger partial charge is 0.339 e. The van der Waals surface area contributed by atoms with Crippen LogP contribution in [0.25, 0.3) is 11.0 Å². The van der Waals surface area contributed by atoms with Crippen LogP contribution in [-0.4, -0.2) is 20.2 Å². The Bertz CT molecular complexity index is 709. The van der Waals surface area contributed by atoms with Crippen LogP contribution in [0.3, 0.4) is 0 Å². The Morgan fingerprint density at radius 1 is 1.17 bits per heavy atom. The molecule has 0 unspecified atom stereocenters. The molecule has 5 nitrogen and oxygen atoms in total. The molecule has 0 spiro atoms. The van der Waals surface area contributed by atoms with Crippen LogP contribution in [0, 0.1) is 0 Å². The second-order valence-electron chi connectivity index (χ2n) is 3.61. The van der Waals surface area contributed by atoms with Crippen LogP contribution >= 0.6 is 23.2 Å². The Morgan fingerprint density at radius 3 is 2.89 bits per heavy atom. The lowest BCUT2D eigenvalue weighted by molar-refractivity contribution is 1.09. The SMILES string of the molecule is Clc1cccc(Nc2nc(Cl)nc3[nH]ncc23)c1. The van der Waals surface area contributed by atoms with Gasteiger partial charge in [0.2, 0.25) is 5.28 Å². The molecule has 3 aromatic rings. The summed E-state index contributed by atoms with van der Waals surface area (Å²) in [7, 11) is 0. The lowest BCUT2D eigenvalue weighted by Crippen LogP contribution is -1.96. The summed E-state index contributed by atoms with van der Waals surface area (Å²) in [5.41, 5.74) is 1.40. The molecule has 1 aromatic carbocycles. The number of aromatic nitrogens is 4. The summed E-state index contributed by atoms with van der Waals surface area (Å²) >= 11 is 11.8. The van der Waals surface area contributed by atoms with Crippen molar-refractivity contribution in [3.8, 4) is 0 Å². The number of H-pyrrole nitrogens is 1. The summed E-state index contributed by atoms with van der Waals surface area (Å²) in [6.45, 7) is 0. The maximum absolute atomic E-state index is 5.92. The van der Waals surface area contributed by atoms with Gasteiger partial charge in [0.25, 0.3) is 0 Å². The predicted octanol–water partition coefficient (Wildman–Crippen LogP) is 3.40. The molecule has 0 saturated carbocycles. The van der Waals surface area contributed by atoms with E-state index in [0.717, 1.165) is 11.1 Å². The zero-order chi connectivity index (χ0) is 12.5. The van der Waals surface area contributed by atoms with Crippen LogP contribution in [0.4, 0.5) is 11.5 Å². The van der Waals surface area contributed by atoms with E-state index < -0.39 is 0 Å². The van der Waals surface area contributed by atoms with Gasteiger partial charge in [-0.25, -0.2) is 0 Å². The Hall–Kier alpha value is -1.85. The molecule has 3 rings (SSSR count). The molecule has 0 aliphatic carbocycles. The third-order valence-electron chi connectivity index (χ3n) is 2.37. The van der Waals surface area contributed by atoms with Gasteiger partial charge in [-0.1, -0.05) is 17.7 Å². The second-order valence-corrected chi connectivity index (χ2v) is 4.38. The highest BCUT2D eigenvalue weighted by Crippen LogP contribution is 2.25. The van der Waals surface area contributed by atoms with Crippen molar-refractivity contribution in [1.29, 1.82) is 0 Å². The lowest BCUT2D eigenvalue weighted by atomic mass is 10.3. The molecule has 7 heteroatoms. The van der Waals surface area contributed by atoms with Crippen LogP contribution in [0.1, 0.15) is 0 Å². The van der Waals surface area contributed by atoms with Crippen LogP contribution < -0.4 is 5.32 Å². The first-order valence-corrected chi connectivity index (χ1v) is 5.87. The zero-order valence-corrected chi connectivity index (χ0v) is 10.5. The summed E-state index contributed by atoms with van der Waals surface area (Å²) < 4.78 is 0. The fourth-order valence-electron chi connectivity index (χ4n) is 1.61. The van der Waals surface area contributed by atoms with E-state index in [-0.39, 0.29) is 5.28 Å². The van der Waals surface area contributed by atoms with Gasteiger partial charge < -0.3 is 5.32 Å². The van der Waals surface area contributed by atoms with E-state index in [1.165, 1.54) is 0 Å². The Labute approximate surface area is 112 Å². The molecule has 0 atom stereocenters. The maximum Gasteiger partial charge on any atom is 0.226 e. The van der Waals surface area contributed by atoms with Gasteiger partial charge >= 0.3 is 0 Å².